The van der Waals surface area contributed by atoms with Crippen molar-refractivity contribution in [2.45, 2.75) is 44.2 Å². The van der Waals surface area contributed by atoms with E-state index in [0.717, 1.165) is 22.4 Å². The number of amides is 3. The van der Waals surface area contributed by atoms with Crippen LogP contribution in [0, 0.1) is 0 Å². The predicted molar refractivity (Wildman–Crippen MR) is 150 cm³/mol. The number of H-pyrrole nitrogens is 1. The fourth-order valence-electron chi connectivity index (χ4n) is 5.26. The van der Waals surface area contributed by atoms with Crippen LogP contribution in [0.25, 0.3) is 22.2 Å². The zero-order valence-electron chi connectivity index (χ0n) is 22.5. The van der Waals surface area contributed by atoms with Gasteiger partial charge >= 0.3 is 6.09 Å². The third-order valence-electron chi connectivity index (χ3n) is 7.08. The molecular weight excluding hydrogens is 510 g/mol. The van der Waals surface area contributed by atoms with Crippen molar-refractivity contribution in [3.05, 3.63) is 71.5 Å². The Morgan fingerprint density at radius 3 is 2.65 bits per heavy atom. The van der Waals surface area contributed by atoms with Crippen molar-refractivity contribution in [2.24, 2.45) is 12.1 Å². The van der Waals surface area contributed by atoms with E-state index in [1.165, 1.54) is 0 Å². The van der Waals surface area contributed by atoms with Crippen LogP contribution in [-0.2, 0) is 16.6 Å². The summed E-state index contributed by atoms with van der Waals surface area (Å²) in [6.45, 7) is 5.30. The lowest BCUT2D eigenvalue weighted by molar-refractivity contribution is -0.119. The Morgan fingerprint density at radius 1 is 1.18 bits per heavy atom. The van der Waals surface area contributed by atoms with Crippen LogP contribution in [0.4, 0.5) is 10.5 Å². The number of hydrazone groups is 1. The zero-order valence-corrected chi connectivity index (χ0v) is 22.5. The number of aromatic amines is 1. The highest BCUT2D eigenvalue weighted by Gasteiger charge is 2.62. The third-order valence-corrected chi connectivity index (χ3v) is 7.08. The predicted octanol–water partition coefficient (Wildman–Crippen LogP) is 4.04. The van der Waals surface area contributed by atoms with Gasteiger partial charge in [0.25, 0.3) is 11.8 Å². The summed E-state index contributed by atoms with van der Waals surface area (Å²) in [6.07, 6.45) is 4.92. The molecule has 6 rings (SSSR count). The van der Waals surface area contributed by atoms with Crippen molar-refractivity contribution < 1.29 is 19.1 Å². The summed E-state index contributed by atoms with van der Waals surface area (Å²) in [5, 5.41) is 14.8. The number of anilines is 1. The number of ether oxygens (including phenoxy) is 1. The van der Waals surface area contributed by atoms with Gasteiger partial charge in [-0.05, 0) is 44.9 Å². The lowest BCUT2D eigenvalue weighted by atomic mass is 10.0. The maximum Gasteiger partial charge on any atom is 0.408 e. The molecule has 204 valence electrons. The van der Waals surface area contributed by atoms with E-state index in [9.17, 15) is 14.4 Å². The second kappa shape index (κ2) is 9.08. The molecule has 2 aliphatic rings. The van der Waals surface area contributed by atoms with Gasteiger partial charge in [-0.2, -0.15) is 10.2 Å². The minimum Gasteiger partial charge on any atom is -0.444 e. The van der Waals surface area contributed by atoms with Crippen LogP contribution in [0.1, 0.15) is 54.6 Å². The van der Waals surface area contributed by atoms with Gasteiger partial charge in [0.1, 0.15) is 11.1 Å². The highest BCUT2D eigenvalue weighted by atomic mass is 16.6. The number of aromatic nitrogens is 3. The van der Waals surface area contributed by atoms with Gasteiger partial charge in [-0.1, -0.05) is 30.3 Å². The van der Waals surface area contributed by atoms with E-state index >= 15 is 0 Å². The molecule has 11 heteroatoms. The van der Waals surface area contributed by atoms with Gasteiger partial charge < -0.3 is 20.4 Å². The van der Waals surface area contributed by atoms with Crippen LogP contribution in [0.3, 0.4) is 0 Å². The molecule has 4 aromatic rings. The molecule has 1 aliphatic heterocycles. The quantitative estimate of drug-likeness (QED) is 0.303. The van der Waals surface area contributed by atoms with E-state index in [1.807, 2.05) is 43.6 Å². The van der Waals surface area contributed by atoms with E-state index in [2.05, 4.69) is 31.2 Å². The number of nitrogens with zero attached hydrogens (tertiary/aromatic N) is 3. The topological polar surface area (TPSA) is 142 Å². The van der Waals surface area contributed by atoms with Crippen molar-refractivity contribution >= 4 is 40.7 Å². The van der Waals surface area contributed by atoms with Gasteiger partial charge in [0.05, 0.1) is 23.7 Å². The molecule has 0 radical (unpaired) electrons. The summed E-state index contributed by atoms with van der Waals surface area (Å²) >= 11 is 0. The molecule has 1 fully saturated rings. The highest BCUT2D eigenvalue weighted by Crippen LogP contribution is 2.52. The summed E-state index contributed by atoms with van der Waals surface area (Å²) < 4.78 is 7.17. The molecule has 40 heavy (non-hydrogen) atoms. The molecular formula is C29H29N7O4. The number of carbonyl (C=O) groups is 3. The van der Waals surface area contributed by atoms with Crippen molar-refractivity contribution in [1.82, 2.24) is 25.5 Å². The van der Waals surface area contributed by atoms with Crippen LogP contribution < -0.4 is 16.1 Å². The first-order chi connectivity index (χ1) is 19.0. The van der Waals surface area contributed by atoms with Crippen molar-refractivity contribution in [3.8, 4) is 11.3 Å². The van der Waals surface area contributed by atoms with Gasteiger partial charge in [0.2, 0.25) is 0 Å². The molecule has 4 N–H and O–H groups in total. The van der Waals surface area contributed by atoms with E-state index in [0.29, 0.717) is 28.6 Å². The van der Waals surface area contributed by atoms with E-state index in [1.54, 1.807) is 50.0 Å². The first-order valence-corrected chi connectivity index (χ1v) is 12.9. The molecule has 3 amide bonds. The summed E-state index contributed by atoms with van der Waals surface area (Å²) in [5.74, 6) is -1.04. The zero-order chi connectivity index (χ0) is 28.2. The molecule has 11 nitrogen and oxygen atoms in total. The van der Waals surface area contributed by atoms with Crippen LogP contribution in [0.5, 0.6) is 0 Å². The Kier molecular flexibility index (Phi) is 5.75. The summed E-state index contributed by atoms with van der Waals surface area (Å²) in [4.78, 5) is 43.0. The Bertz CT molecular complexity index is 1700. The smallest absolute Gasteiger partial charge is 0.408 e. The number of carbonyl (C=O) groups excluding carboxylic acids is 3. The molecule has 0 unspecified atom stereocenters. The van der Waals surface area contributed by atoms with Gasteiger partial charge in [-0.3, -0.25) is 14.3 Å². The number of hydrogen-bond donors (Lipinski definition) is 4. The van der Waals surface area contributed by atoms with Gasteiger partial charge in [-0.25, -0.2) is 10.2 Å². The number of rotatable bonds is 5. The normalized spacial score (nSPS) is 19.6. The van der Waals surface area contributed by atoms with Crippen molar-refractivity contribution in [2.75, 3.05) is 5.32 Å². The largest absolute Gasteiger partial charge is 0.444 e. The second-order valence-corrected chi connectivity index (χ2v) is 11.2. The first-order valence-electron chi connectivity index (χ1n) is 12.9. The minimum absolute atomic E-state index is 0.238. The monoisotopic (exact) mass is 539 g/mol. The molecule has 3 heterocycles. The number of alkyl carbamates (subject to hydrolysis) is 1. The number of benzene rings is 2. The third kappa shape index (κ3) is 4.49. The SMILES string of the molecule is Cn1cc(-c2[nH]c3cc(NC(=O)[C@]4(NC(=O)OC(C)(C)C)C[C@H]4c4ccccc4)cc4c3c2C=NNC4=O)cn1. The van der Waals surface area contributed by atoms with E-state index in [-0.39, 0.29) is 5.92 Å². The van der Waals surface area contributed by atoms with Crippen LogP contribution in [0.15, 0.2) is 60.0 Å². The Balaban J connectivity index is 1.37. The second-order valence-electron chi connectivity index (χ2n) is 11.2. The van der Waals surface area contributed by atoms with Crippen molar-refractivity contribution in [3.63, 3.8) is 0 Å². The number of hydrogen-bond acceptors (Lipinski definition) is 6. The van der Waals surface area contributed by atoms with Gasteiger partial charge in [0.15, 0.2) is 0 Å². The van der Waals surface area contributed by atoms with Crippen LogP contribution >= 0.6 is 0 Å². The molecule has 0 bridgehead atoms. The highest BCUT2D eigenvalue weighted by molar-refractivity contribution is 6.18. The van der Waals surface area contributed by atoms with Crippen molar-refractivity contribution in [1.29, 1.82) is 0 Å². The Labute approximate surface area is 230 Å². The fraction of sp³-hybridized carbons (Fsp3) is 0.276. The summed E-state index contributed by atoms with van der Waals surface area (Å²) in [6, 6.07) is 13.0. The van der Waals surface area contributed by atoms with Crippen LogP contribution in [0.2, 0.25) is 0 Å². The molecule has 2 aromatic carbocycles. The average molecular weight is 540 g/mol. The molecule has 1 aliphatic carbocycles. The molecule has 0 spiro atoms. The maximum atomic E-state index is 13.8. The van der Waals surface area contributed by atoms with Gasteiger partial charge in [-0.15, -0.1) is 0 Å². The molecule has 2 aromatic heterocycles. The van der Waals surface area contributed by atoms with E-state index in [4.69, 9.17) is 4.74 Å². The summed E-state index contributed by atoms with van der Waals surface area (Å²) in [7, 11) is 1.82. The number of nitrogens with one attached hydrogen (secondary N) is 4. The molecule has 0 saturated heterocycles. The minimum atomic E-state index is -1.21. The maximum absolute atomic E-state index is 13.8. The average Bonchev–Trinajstić information content (AvgIpc) is 3.33. The fourth-order valence-corrected chi connectivity index (χ4v) is 5.26. The van der Waals surface area contributed by atoms with E-state index < -0.39 is 29.0 Å². The lowest BCUT2D eigenvalue weighted by Gasteiger charge is -2.24. The standard InChI is InChI=1S/C29H29N7O4/c1-28(2,3)40-27(39)34-29(12-21(29)16-8-6-5-7-9-16)26(38)32-18-10-19-23-20(14-30-35-25(19)37)24(33-22(23)11-18)17-13-31-36(4)15-17/h5-11,13-15,21,33H,12H2,1-4H3,(H,32,38)(H,34,39)(H,35,37)/t21-,29-/m0/s1. The lowest BCUT2D eigenvalue weighted by Crippen LogP contribution is -2.49. The molecule has 2 atom stereocenters. The van der Waals surface area contributed by atoms with Gasteiger partial charge in [0, 0.05) is 46.9 Å². The number of aryl methyl sites for hydroxylation is 1. The first kappa shape index (κ1) is 25.4. The molecule has 1 saturated carbocycles. The summed E-state index contributed by atoms with van der Waals surface area (Å²) in [5.41, 5.74) is 5.26. The Morgan fingerprint density at radius 2 is 1.95 bits per heavy atom. The van der Waals surface area contributed by atoms with Crippen LogP contribution in [-0.4, -0.2) is 50.0 Å². The Hall–Kier alpha value is -4.93.